The molecule has 0 spiro atoms. The van der Waals surface area contributed by atoms with Crippen molar-refractivity contribution < 1.29 is 26.4 Å². The molecule has 0 aliphatic carbocycles. The first-order chi connectivity index (χ1) is 12.6. The third kappa shape index (κ3) is 4.24. The summed E-state index contributed by atoms with van der Waals surface area (Å²) in [5, 5.41) is 2.65. The van der Waals surface area contributed by atoms with E-state index in [-0.39, 0.29) is 12.5 Å². The summed E-state index contributed by atoms with van der Waals surface area (Å²) >= 11 is 0. The molecule has 5 nitrogen and oxygen atoms in total. The van der Waals surface area contributed by atoms with E-state index in [4.69, 9.17) is 0 Å². The Bertz CT molecular complexity index is 970. The summed E-state index contributed by atoms with van der Waals surface area (Å²) in [4.78, 5) is 12.3. The highest BCUT2D eigenvalue weighted by Crippen LogP contribution is 2.31. The summed E-state index contributed by atoms with van der Waals surface area (Å²) < 4.78 is 62.4. The van der Waals surface area contributed by atoms with Gasteiger partial charge >= 0.3 is 6.18 Å². The van der Waals surface area contributed by atoms with Crippen molar-refractivity contribution in [2.45, 2.75) is 19.1 Å². The number of rotatable bonds is 4. The van der Waals surface area contributed by atoms with Crippen LogP contribution in [0.4, 0.5) is 18.9 Å². The number of carbonyl (C=O) groups is 1. The van der Waals surface area contributed by atoms with E-state index in [1.165, 1.54) is 22.5 Å². The molecule has 27 heavy (non-hydrogen) atoms. The monoisotopic (exact) mass is 398 g/mol. The van der Waals surface area contributed by atoms with Gasteiger partial charge in [0.25, 0.3) is 5.91 Å². The molecule has 3 rings (SSSR count). The number of fused-ring (bicyclic) bond motifs is 1. The minimum atomic E-state index is -4.40. The predicted molar refractivity (Wildman–Crippen MR) is 95.0 cm³/mol. The van der Waals surface area contributed by atoms with Gasteiger partial charge in [-0.2, -0.15) is 13.2 Å². The molecule has 0 fully saturated rings. The van der Waals surface area contributed by atoms with Crippen LogP contribution in [-0.4, -0.2) is 27.1 Å². The van der Waals surface area contributed by atoms with Crippen LogP contribution < -0.4 is 9.62 Å². The molecule has 0 bridgehead atoms. The lowest BCUT2D eigenvalue weighted by Crippen LogP contribution is -2.27. The normalized spacial score (nSPS) is 14.1. The molecule has 1 aliphatic rings. The maximum Gasteiger partial charge on any atom is 0.416 e. The fourth-order valence-electron chi connectivity index (χ4n) is 2.95. The molecule has 0 radical (unpaired) electrons. The first-order valence-corrected chi connectivity index (χ1v) is 9.95. The number of sulfonamides is 1. The largest absolute Gasteiger partial charge is 0.416 e. The number of carbonyl (C=O) groups excluding carboxylic acids is 1. The van der Waals surface area contributed by atoms with Crippen LogP contribution in [0.25, 0.3) is 0 Å². The maximum atomic E-state index is 12.6. The van der Waals surface area contributed by atoms with Gasteiger partial charge in [-0.25, -0.2) is 8.42 Å². The van der Waals surface area contributed by atoms with Crippen molar-refractivity contribution in [2.75, 3.05) is 17.1 Å². The second kappa shape index (κ2) is 6.88. The van der Waals surface area contributed by atoms with Crippen LogP contribution >= 0.6 is 0 Å². The van der Waals surface area contributed by atoms with Gasteiger partial charge in [0.1, 0.15) is 0 Å². The highest BCUT2D eigenvalue weighted by atomic mass is 32.2. The standard InChI is InChI=1S/C18H17F3N2O3S/c1-27(25,26)23-9-8-13-10-14(4-7-16(13)23)17(24)22-11-12-2-5-15(6-3-12)18(19,20)21/h2-7,10H,8-9,11H2,1H3,(H,22,24). The van der Waals surface area contributed by atoms with Gasteiger partial charge in [-0.05, 0) is 47.9 Å². The van der Waals surface area contributed by atoms with Crippen molar-refractivity contribution in [3.8, 4) is 0 Å². The number of anilines is 1. The summed E-state index contributed by atoms with van der Waals surface area (Å²) in [5.41, 5.74) is 1.50. The van der Waals surface area contributed by atoms with E-state index in [9.17, 15) is 26.4 Å². The molecule has 1 N–H and O–H groups in total. The van der Waals surface area contributed by atoms with E-state index in [2.05, 4.69) is 5.32 Å². The molecule has 1 aliphatic heterocycles. The van der Waals surface area contributed by atoms with E-state index in [1.54, 1.807) is 12.1 Å². The molecule has 144 valence electrons. The Labute approximate surface area is 154 Å². The molecule has 1 heterocycles. The molecule has 0 saturated carbocycles. The van der Waals surface area contributed by atoms with E-state index in [0.29, 0.717) is 29.8 Å². The van der Waals surface area contributed by atoms with Gasteiger partial charge in [-0.3, -0.25) is 9.10 Å². The number of halogens is 3. The van der Waals surface area contributed by atoms with Crippen LogP contribution in [0, 0.1) is 0 Å². The summed E-state index contributed by atoms with van der Waals surface area (Å²) in [5.74, 6) is -0.379. The number of alkyl halides is 3. The Morgan fingerprint density at radius 3 is 2.41 bits per heavy atom. The Kier molecular flexibility index (Phi) is 4.90. The third-order valence-corrected chi connectivity index (χ3v) is 5.51. The van der Waals surface area contributed by atoms with Gasteiger partial charge < -0.3 is 5.32 Å². The number of benzene rings is 2. The maximum absolute atomic E-state index is 12.6. The van der Waals surface area contributed by atoms with Gasteiger partial charge in [-0.1, -0.05) is 12.1 Å². The summed E-state index contributed by atoms with van der Waals surface area (Å²) in [6.45, 7) is 0.425. The Morgan fingerprint density at radius 2 is 1.81 bits per heavy atom. The van der Waals surface area contributed by atoms with Crippen LogP contribution in [0.5, 0.6) is 0 Å². The number of amides is 1. The van der Waals surface area contributed by atoms with E-state index in [0.717, 1.165) is 24.0 Å². The highest BCUT2D eigenvalue weighted by molar-refractivity contribution is 7.92. The fourth-order valence-corrected chi connectivity index (χ4v) is 3.91. The van der Waals surface area contributed by atoms with Gasteiger partial charge in [0.2, 0.25) is 10.0 Å². The van der Waals surface area contributed by atoms with Crippen LogP contribution in [0.3, 0.4) is 0 Å². The average Bonchev–Trinajstić information content (AvgIpc) is 3.02. The number of hydrogen-bond donors (Lipinski definition) is 1. The number of hydrogen-bond acceptors (Lipinski definition) is 3. The quantitative estimate of drug-likeness (QED) is 0.861. The summed E-state index contributed by atoms with van der Waals surface area (Å²) in [6, 6.07) is 9.34. The molecular formula is C18H17F3N2O3S. The van der Waals surface area contributed by atoms with Gasteiger partial charge in [0.05, 0.1) is 17.5 Å². The fraction of sp³-hybridized carbons (Fsp3) is 0.278. The molecule has 0 unspecified atom stereocenters. The smallest absolute Gasteiger partial charge is 0.348 e. The van der Waals surface area contributed by atoms with Gasteiger partial charge in [-0.15, -0.1) is 0 Å². The zero-order valence-electron chi connectivity index (χ0n) is 14.4. The molecule has 2 aromatic rings. The predicted octanol–water partition coefficient (Wildman–Crippen LogP) is 2.96. The molecule has 1 amide bonds. The molecule has 9 heteroatoms. The van der Waals surface area contributed by atoms with Crippen molar-refractivity contribution in [1.29, 1.82) is 0 Å². The van der Waals surface area contributed by atoms with Crippen molar-refractivity contribution in [3.63, 3.8) is 0 Å². The van der Waals surface area contributed by atoms with Crippen molar-refractivity contribution in [2.24, 2.45) is 0 Å². The number of nitrogens with one attached hydrogen (secondary N) is 1. The SMILES string of the molecule is CS(=O)(=O)N1CCc2cc(C(=O)NCc3ccc(C(F)(F)F)cc3)ccc21. The molecule has 2 aromatic carbocycles. The number of nitrogens with zero attached hydrogens (tertiary/aromatic N) is 1. The first-order valence-electron chi connectivity index (χ1n) is 8.11. The zero-order valence-corrected chi connectivity index (χ0v) is 15.2. The molecule has 0 saturated heterocycles. The summed E-state index contributed by atoms with van der Waals surface area (Å²) in [6.07, 6.45) is -2.75. The van der Waals surface area contributed by atoms with Crippen molar-refractivity contribution in [1.82, 2.24) is 5.32 Å². The van der Waals surface area contributed by atoms with E-state index in [1.807, 2.05) is 0 Å². The van der Waals surface area contributed by atoms with Gasteiger partial charge in [0, 0.05) is 18.7 Å². The Balaban J connectivity index is 1.67. The topological polar surface area (TPSA) is 66.5 Å². The average molecular weight is 398 g/mol. The van der Waals surface area contributed by atoms with Crippen molar-refractivity contribution >= 4 is 21.6 Å². The Hall–Kier alpha value is -2.55. The molecule has 0 aromatic heterocycles. The van der Waals surface area contributed by atoms with Crippen LogP contribution in [0.15, 0.2) is 42.5 Å². The van der Waals surface area contributed by atoms with Crippen LogP contribution in [0.1, 0.15) is 27.0 Å². The lowest BCUT2D eigenvalue weighted by molar-refractivity contribution is -0.137. The molecular weight excluding hydrogens is 381 g/mol. The highest BCUT2D eigenvalue weighted by Gasteiger charge is 2.30. The van der Waals surface area contributed by atoms with E-state index >= 15 is 0 Å². The van der Waals surface area contributed by atoms with Crippen LogP contribution in [0.2, 0.25) is 0 Å². The minimum Gasteiger partial charge on any atom is -0.348 e. The molecule has 0 atom stereocenters. The lowest BCUT2D eigenvalue weighted by atomic mass is 10.1. The summed E-state index contributed by atoms with van der Waals surface area (Å²) in [7, 11) is -3.36. The first kappa shape index (κ1) is 19.2. The van der Waals surface area contributed by atoms with Gasteiger partial charge in [0.15, 0.2) is 0 Å². The van der Waals surface area contributed by atoms with Crippen molar-refractivity contribution in [3.05, 3.63) is 64.7 Å². The van der Waals surface area contributed by atoms with E-state index < -0.39 is 21.8 Å². The second-order valence-electron chi connectivity index (χ2n) is 6.31. The zero-order chi connectivity index (χ0) is 19.8. The van der Waals surface area contributed by atoms with Crippen LogP contribution in [-0.2, 0) is 29.2 Å². The second-order valence-corrected chi connectivity index (χ2v) is 8.21. The lowest BCUT2D eigenvalue weighted by Gasteiger charge is -2.16. The Morgan fingerprint density at radius 1 is 1.15 bits per heavy atom. The third-order valence-electron chi connectivity index (χ3n) is 4.33. The minimum absolute atomic E-state index is 0.0868.